The van der Waals surface area contributed by atoms with Crippen molar-refractivity contribution in [1.29, 1.82) is 0 Å². The summed E-state index contributed by atoms with van der Waals surface area (Å²) in [4.78, 5) is 27.3. The second-order valence-electron chi connectivity index (χ2n) is 8.32. The van der Waals surface area contributed by atoms with Crippen LogP contribution < -0.4 is 20.5 Å². The fourth-order valence-electron chi connectivity index (χ4n) is 4.64. The van der Waals surface area contributed by atoms with Gasteiger partial charge in [0.05, 0.1) is 5.56 Å². The Morgan fingerprint density at radius 1 is 1.12 bits per heavy atom. The number of hydrogen-bond acceptors (Lipinski definition) is 5. The van der Waals surface area contributed by atoms with Crippen LogP contribution in [0.25, 0.3) is 0 Å². The largest absolute Gasteiger partial charge is 0.490 e. The van der Waals surface area contributed by atoms with Gasteiger partial charge in [0.25, 0.3) is 11.8 Å². The third-order valence-corrected chi connectivity index (χ3v) is 6.30. The predicted octanol–water partition coefficient (Wildman–Crippen LogP) is 3.15. The lowest BCUT2D eigenvalue weighted by Crippen LogP contribution is -2.50. The fourth-order valence-corrected chi connectivity index (χ4v) is 4.81. The van der Waals surface area contributed by atoms with Crippen molar-refractivity contribution in [2.24, 2.45) is 5.73 Å². The lowest BCUT2D eigenvalue weighted by molar-refractivity contribution is -0.139. The summed E-state index contributed by atoms with van der Waals surface area (Å²) in [5.41, 5.74) is 5.71. The second kappa shape index (κ2) is 10.4. The van der Waals surface area contributed by atoms with Gasteiger partial charge in [-0.3, -0.25) is 9.59 Å². The first kappa shape index (κ1) is 23.3. The summed E-state index contributed by atoms with van der Waals surface area (Å²) in [7, 11) is 0. The van der Waals surface area contributed by atoms with E-state index >= 15 is 0 Å². The van der Waals surface area contributed by atoms with Crippen molar-refractivity contribution in [2.45, 2.75) is 43.9 Å². The third-order valence-electron chi connectivity index (χ3n) is 6.06. The topological polar surface area (TPSA) is 93.9 Å². The molecule has 176 valence electrons. The molecule has 0 radical (unpaired) electrons. The minimum absolute atomic E-state index is 0.0213. The van der Waals surface area contributed by atoms with Gasteiger partial charge in [0, 0.05) is 43.0 Å². The highest BCUT2D eigenvalue weighted by molar-refractivity contribution is 6.31. The number of fused-ring (bicyclic) bond motifs is 2. The van der Waals surface area contributed by atoms with Gasteiger partial charge in [-0.15, -0.1) is 0 Å². The van der Waals surface area contributed by atoms with E-state index in [1.807, 2.05) is 4.90 Å². The number of rotatable bonds is 8. The summed E-state index contributed by atoms with van der Waals surface area (Å²) in [6.07, 6.45) is 3.23. The van der Waals surface area contributed by atoms with Crippen molar-refractivity contribution in [2.75, 3.05) is 19.7 Å². The quantitative estimate of drug-likeness (QED) is 0.611. The second-order valence-corrected chi connectivity index (χ2v) is 8.76. The Morgan fingerprint density at radius 2 is 1.82 bits per heavy atom. The third kappa shape index (κ3) is 5.57. The highest BCUT2D eigenvalue weighted by Crippen LogP contribution is 2.37. The molecule has 0 aliphatic carbocycles. The number of nitrogens with zero attached hydrogens (tertiary/aromatic N) is 1. The lowest BCUT2D eigenvalue weighted by atomic mass is 9.99. The van der Waals surface area contributed by atoms with Gasteiger partial charge in [-0.1, -0.05) is 11.6 Å². The van der Waals surface area contributed by atoms with E-state index < -0.39 is 0 Å². The van der Waals surface area contributed by atoms with Crippen LogP contribution in [0.1, 0.15) is 36.0 Å². The summed E-state index contributed by atoms with van der Waals surface area (Å²) >= 11 is 6.04. The average Bonchev–Trinajstić information content (AvgIpc) is 3.08. The Morgan fingerprint density at radius 3 is 2.48 bits per heavy atom. The maximum atomic E-state index is 13.1. The minimum atomic E-state index is -0.357. The molecule has 2 aliphatic rings. The number of nitrogens with one attached hydrogen (secondary N) is 1. The Labute approximate surface area is 197 Å². The molecule has 0 aromatic heterocycles. The number of amides is 2. The summed E-state index contributed by atoms with van der Waals surface area (Å²) in [5, 5.41) is 3.08. The van der Waals surface area contributed by atoms with Crippen LogP contribution in [-0.2, 0) is 4.79 Å². The summed E-state index contributed by atoms with van der Waals surface area (Å²) in [5.74, 6) is 0.148. The standard InChI is InChI=1S/C24H27ClFN3O4/c25-15-1-8-22(21(11-15)24(31)28-10-9-27)32-14-23(30)29-17-4-5-18(29)13-20(12-17)33-19-6-2-16(26)3-7-19/h1-3,6-8,11,17-18,20H,4-5,9-10,12-14,27H2,(H,28,31). The van der Waals surface area contributed by atoms with Gasteiger partial charge in [-0.05, 0) is 55.3 Å². The molecule has 0 saturated carbocycles. The Balaban J connectivity index is 1.36. The predicted molar refractivity (Wildman–Crippen MR) is 122 cm³/mol. The van der Waals surface area contributed by atoms with Crippen molar-refractivity contribution in [1.82, 2.24) is 10.2 Å². The van der Waals surface area contributed by atoms with Gasteiger partial charge in [0.15, 0.2) is 6.61 Å². The van der Waals surface area contributed by atoms with Crippen LogP contribution in [0.5, 0.6) is 11.5 Å². The number of piperidine rings is 1. The monoisotopic (exact) mass is 475 g/mol. The molecule has 2 aliphatic heterocycles. The van der Waals surface area contributed by atoms with Crippen molar-refractivity contribution in [3.8, 4) is 11.5 Å². The molecule has 2 aromatic rings. The van der Waals surface area contributed by atoms with Crippen LogP contribution in [0, 0.1) is 5.82 Å². The molecule has 2 saturated heterocycles. The van der Waals surface area contributed by atoms with E-state index in [2.05, 4.69) is 5.32 Å². The molecule has 9 heteroatoms. The summed E-state index contributed by atoms with van der Waals surface area (Å²) in [6.45, 7) is 0.460. The molecular weight excluding hydrogens is 449 g/mol. The zero-order valence-electron chi connectivity index (χ0n) is 18.1. The number of halogens is 2. The first-order chi connectivity index (χ1) is 15.9. The van der Waals surface area contributed by atoms with E-state index in [4.69, 9.17) is 26.8 Å². The normalized spacial score (nSPS) is 21.5. The van der Waals surface area contributed by atoms with Gasteiger partial charge in [0.2, 0.25) is 0 Å². The van der Waals surface area contributed by atoms with E-state index in [9.17, 15) is 14.0 Å². The molecule has 2 amide bonds. The van der Waals surface area contributed by atoms with Crippen molar-refractivity contribution in [3.63, 3.8) is 0 Å². The maximum absolute atomic E-state index is 13.1. The molecule has 33 heavy (non-hydrogen) atoms. The highest BCUT2D eigenvalue weighted by atomic mass is 35.5. The zero-order valence-corrected chi connectivity index (χ0v) is 18.9. The molecule has 0 spiro atoms. The number of nitrogens with two attached hydrogens (primary N) is 1. The summed E-state index contributed by atoms with van der Waals surface area (Å²) in [6, 6.07) is 10.8. The Hall–Kier alpha value is -2.84. The van der Waals surface area contributed by atoms with Gasteiger partial charge in [-0.25, -0.2) is 4.39 Å². The van der Waals surface area contributed by atoms with E-state index in [1.165, 1.54) is 18.2 Å². The number of carbonyl (C=O) groups is 2. The van der Waals surface area contributed by atoms with Crippen molar-refractivity contribution >= 4 is 23.4 Å². The first-order valence-electron chi connectivity index (χ1n) is 11.1. The lowest BCUT2D eigenvalue weighted by Gasteiger charge is -2.38. The molecule has 7 nitrogen and oxygen atoms in total. The van der Waals surface area contributed by atoms with Crippen molar-refractivity contribution < 1.29 is 23.5 Å². The fraction of sp³-hybridized carbons (Fsp3) is 0.417. The molecule has 2 fully saturated rings. The average molecular weight is 476 g/mol. The minimum Gasteiger partial charge on any atom is -0.490 e. The number of ether oxygens (including phenoxy) is 2. The van der Waals surface area contributed by atoms with Gasteiger partial charge in [-0.2, -0.15) is 0 Å². The molecule has 2 atom stereocenters. The maximum Gasteiger partial charge on any atom is 0.261 e. The molecule has 2 unspecified atom stereocenters. The van der Waals surface area contributed by atoms with Crippen LogP contribution in [-0.4, -0.2) is 54.6 Å². The Bertz CT molecular complexity index is 990. The molecule has 2 bridgehead atoms. The SMILES string of the molecule is NCCNC(=O)c1cc(Cl)ccc1OCC(=O)N1C2CCC1CC(Oc1ccc(F)cc1)C2. The molecule has 2 aromatic carbocycles. The summed E-state index contributed by atoms with van der Waals surface area (Å²) < 4.78 is 24.9. The van der Waals surface area contributed by atoms with Crippen LogP contribution in [0.2, 0.25) is 5.02 Å². The van der Waals surface area contributed by atoms with E-state index in [1.54, 1.807) is 24.3 Å². The van der Waals surface area contributed by atoms with Crippen LogP contribution in [0.4, 0.5) is 4.39 Å². The highest BCUT2D eigenvalue weighted by Gasteiger charge is 2.44. The first-order valence-corrected chi connectivity index (χ1v) is 11.5. The number of hydrogen-bond donors (Lipinski definition) is 2. The van der Waals surface area contributed by atoms with E-state index in [-0.39, 0.29) is 48.0 Å². The zero-order chi connectivity index (χ0) is 23.4. The smallest absolute Gasteiger partial charge is 0.261 e. The van der Waals surface area contributed by atoms with Gasteiger partial charge in [0.1, 0.15) is 23.4 Å². The molecular formula is C24H27ClFN3O4. The van der Waals surface area contributed by atoms with Crippen molar-refractivity contribution in [3.05, 3.63) is 58.9 Å². The van der Waals surface area contributed by atoms with E-state index in [0.717, 1.165) is 12.8 Å². The van der Waals surface area contributed by atoms with Crippen LogP contribution >= 0.6 is 11.6 Å². The molecule has 2 heterocycles. The molecule has 4 rings (SSSR count). The van der Waals surface area contributed by atoms with Gasteiger partial charge < -0.3 is 25.4 Å². The van der Waals surface area contributed by atoms with E-state index in [0.29, 0.717) is 42.5 Å². The Kier molecular flexibility index (Phi) is 7.35. The number of carbonyl (C=O) groups excluding carboxylic acids is 2. The van der Waals surface area contributed by atoms with Crippen LogP contribution in [0.15, 0.2) is 42.5 Å². The number of benzene rings is 2. The van der Waals surface area contributed by atoms with Crippen LogP contribution in [0.3, 0.4) is 0 Å². The van der Waals surface area contributed by atoms with Gasteiger partial charge >= 0.3 is 0 Å². The molecule has 3 N–H and O–H groups in total.